The van der Waals surface area contributed by atoms with E-state index in [-0.39, 0.29) is 11.5 Å². The van der Waals surface area contributed by atoms with E-state index < -0.39 is 0 Å². The lowest BCUT2D eigenvalue weighted by Crippen LogP contribution is -2.47. The summed E-state index contributed by atoms with van der Waals surface area (Å²) < 4.78 is 5.40. The minimum absolute atomic E-state index is 0.0349. The van der Waals surface area contributed by atoms with Crippen molar-refractivity contribution in [2.24, 2.45) is 11.1 Å². The van der Waals surface area contributed by atoms with Crippen molar-refractivity contribution in [3.8, 4) is 5.75 Å². The van der Waals surface area contributed by atoms with E-state index in [0.717, 1.165) is 30.7 Å². The van der Waals surface area contributed by atoms with Crippen molar-refractivity contribution in [2.45, 2.75) is 25.3 Å². The number of benzene rings is 1. The Morgan fingerprint density at radius 3 is 2.72 bits per heavy atom. The topological polar surface area (TPSA) is 47.3 Å². The van der Waals surface area contributed by atoms with Crippen LogP contribution in [0, 0.1) is 5.41 Å². The second-order valence-electron chi connectivity index (χ2n) is 5.11. The highest BCUT2D eigenvalue weighted by Crippen LogP contribution is 2.50. The van der Waals surface area contributed by atoms with Gasteiger partial charge in [0, 0.05) is 28.6 Å². The second kappa shape index (κ2) is 5.47. The van der Waals surface area contributed by atoms with Crippen LogP contribution < -0.4 is 15.8 Å². The van der Waals surface area contributed by atoms with Gasteiger partial charge in [0.1, 0.15) is 5.75 Å². The molecule has 0 heterocycles. The van der Waals surface area contributed by atoms with E-state index in [2.05, 4.69) is 5.32 Å². The maximum Gasteiger partial charge on any atom is 0.123 e. The number of hydrogen-bond donors (Lipinski definition) is 2. The lowest BCUT2D eigenvalue weighted by Gasteiger charge is -2.46. The van der Waals surface area contributed by atoms with Crippen molar-refractivity contribution in [3.05, 3.63) is 28.8 Å². The highest BCUT2D eigenvalue weighted by atomic mass is 35.5. The SMILES string of the molecule is CNCC1(C(N)c2cc(Cl)ccc2OC)CCC1. The third kappa shape index (κ3) is 2.35. The summed E-state index contributed by atoms with van der Waals surface area (Å²) in [7, 11) is 3.65. The summed E-state index contributed by atoms with van der Waals surface area (Å²) in [5.74, 6) is 0.828. The molecule has 1 atom stereocenters. The van der Waals surface area contributed by atoms with Gasteiger partial charge in [0.25, 0.3) is 0 Å². The Labute approximate surface area is 114 Å². The molecule has 0 aliphatic heterocycles. The Kier molecular flexibility index (Phi) is 4.15. The Hall–Kier alpha value is -0.770. The van der Waals surface area contributed by atoms with Crippen LogP contribution in [0.15, 0.2) is 18.2 Å². The average Bonchev–Trinajstić information content (AvgIpc) is 2.33. The first-order chi connectivity index (χ1) is 8.63. The molecule has 18 heavy (non-hydrogen) atoms. The Morgan fingerprint density at radius 1 is 1.50 bits per heavy atom. The molecule has 0 amide bonds. The maximum absolute atomic E-state index is 6.49. The largest absolute Gasteiger partial charge is 0.496 e. The quantitative estimate of drug-likeness (QED) is 0.863. The van der Waals surface area contributed by atoms with E-state index >= 15 is 0 Å². The lowest BCUT2D eigenvalue weighted by molar-refractivity contribution is 0.0934. The second-order valence-corrected chi connectivity index (χ2v) is 5.55. The van der Waals surface area contributed by atoms with Gasteiger partial charge in [0.05, 0.1) is 7.11 Å². The van der Waals surface area contributed by atoms with Crippen LogP contribution in [0.25, 0.3) is 0 Å². The number of rotatable bonds is 5. The van der Waals surface area contributed by atoms with Gasteiger partial charge in [-0.05, 0) is 38.1 Å². The van der Waals surface area contributed by atoms with Crippen molar-refractivity contribution < 1.29 is 4.74 Å². The summed E-state index contributed by atoms with van der Waals surface area (Å²) in [6, 6.07) is 5.62. The lowest BCUT2D eigenvalue weighted by atomic mass is 9.62. The zero-order valence-corrected chi connectivity index (χ0v) is 11.8. The van der Waals surface area contributed by atoms with Crippen LogP contribution in [-0.4, -0.2) is 20.7 Å². The average molecular weight is 269 g/mol. The zero-order valence-electron chi connectivity index (χ0n) is 11.0. The molecule has 1 aromatic rings. The summed E-state index contributed by atoms with van der Waals surface area (Å²) in [5.41, 5.74) is 7.65. The van der Waals surface area contributed by atoms with E-state index in [9.17, 15) is 0 Å². The van der Waals surface area contributed by atoms with E-state index in [1.807, 2.05) is 25.2 Å². The summed E-state index contributed by atoms with van der Waals surface area (Å²) in [4.78, 5) is 0. The molecule has 100 valence electrons. The van der Waals surface area contributed by atoms with Gasteiger partial charge in [-0.2, -0.15) is 0 Å². The fourth-order valence-corrected chi connectivity index (χ4v) is 3.04. The summed E-state index contributed by atoms with van der Waals surface area (Å²) in [6.07, 6.45) is 3.56. The van der Waals surface area contributed by atoms with E-state index in [4.69, 9.17) is 22.1 Å². The third-order valence-corrected chi connectivity index (χ3v) is 4.30. The molecule has 0 saturated heterocycles. The fourth-order valence-electron chi connectivity index (χ4n) is 2.86. The molecule has 4 heteroatoms. The number of methoxy groups -OCH3 is 1. The van der Waals surface area contributed by atoms with Crippen LogP contribution in [0.2, 0.25) is 5.02 Å². The van der Waals surface area contributed by atoms with Crippen LogP contribution in [-0.2, 0) is 0 Å². The molecular formula is C14H21ClN2O. The van der Waals surface area contributed by atoms with Gasteiger partial charge >= 0.3 is 0 Å². The highest BCUT2D eigenvalue weighted by Gasteiger charge is 2.43. The fraction of sp³-hybridized carbons (Fsp3) is 0.571. The summed E-state index contributed by atoms with van der Waals surface area (Å²) >= 11 is 6.08. The van der Waals surface area contributed by atoms with Gasteiger partial charge in [0.15, 0.2) is 0 Å². The minimum atomic E-state index is -0.0349. The first-order valence-corrected chi connectivity index (χ1v) is 6.74. The molecular weight excluding hydrogens is 248 g/mol. The maximum atomic E-state index is 6.49. The molecule has 1 unspecified atom stereocenters. The highest BCUT2D eigenvalue weighted by molar-refractivity contribution is 6.30. The van der Waals surface area contributed by atoms with Crippen LogP contribution in [0.3, 0.4) is 0 Å². The molecule has 2 rings (SSSR count). The number of halogens is 1. The summed E-state index contributed by atoms with van der Waals surface area (Å²) in [5, 5.41) is 3.97. The molecule has 0 bridgehead atoms. The molecule has 0 spiro atoms. The van der Waals surface area contributed by atoms with Crippen LogP contribution in [0.5, 0.6) is 5.75 Å². The Morgan fingerprint density at radius 2 is 2.22 bits per heavy atom. The molecule has 1 aliphatic carbocycles. The number of ether oxygens (including phenoxy) is 1. The van der Waals surface area contributed by atoms with Crippen molar-refractivity contribution in [2.75, 3.05) is 20.7 Å². The molecule has 1 aliphatic rings. The minimum Gasteiger partial charge on any atom is -0.496 e. The van der Waals surface area contributed by atoms with Crippen LogP contribution in [0.1, 0.15) is 30.9 Å². The molecule has 3 nitrogen and oxygen atoms in total. The van der Waals surface area contributed by atoms with Gasteiger partial charge < -0.3 is 15.8 Å². The Balaban J connectivity index is 2.32. The number of nitrogens with two attached hydrogens (primary N) is 1. The predicted molar refractivity (Wildman–Crippen MR) is 75.1 cm³/mol. The third-order valence-electron chi connectivity index (χ3n) is 4.06. The van der Waals surface area contributed by atoms with Crippen molar-refractivity contribution >= 4 is 11.6 Å². The molecule has 0 radical (unpaired) electrons. The normalized spacial score (nSPS) is 19.1. The smallest absolute Gasteiger partial charge is 0.123 e. The van der Waals surface area contributed by atoms with Gasteiger partial charge in [-0.1, -0.05) is 18.0 Å². The van der Waals surface area contributed by atoms with Crippen LogP contribution >= 0.6 is 11.6 Å². The Bertz CT molecular complexity index is 418. The van der Waals surface area contributed by atoms with Gasteiger partial charge in [-0.25, -0.2) is 0 Å². The molecule has 1 saturated carbocycles. The van der Waals surface area contributed by atoms with Gasteiger partial charge in [-0.3, -0.25) is 0 Å². The van der Waals surface area contributed by atoms with Gasteiger partial charge in [0.2, 0.25) is 0 Å². The van der Waals surface area contributed by atoms with E-state index in [0.29, 0.717) is 5.02 Å². The first-order valence-electron chi connectivity index (χ1n) is 6.36. The monoisotopic (exact) mass is 268 g/mol. The van der Waals surface area contributed by atoms with Crippen LogP contribution in [0.4, 0.5) is 0 Å². The molecule has 1 fully saturated rings. The van der Waals surface area contributed by atoms with E-state index in [1.54, 1.807) is 7.11 Å². The van der Waals surface area contributed by atoms with Crippen molar-refractivity contribution in [3.63, 3.8) is 0 Å². The van der Waals surface area contributed by atoms with Crippen molar-refractivity contribution in [1.82, 2.24) is 5.32 Å². The molecule has 3 N–H and O–H groups in total. The molecule has 0 aromatic heterocycles. The first kappa shape index (κ1) is 13.7. The van der Waals surface area contributed by atoms with Crippen molar-refractivity contribution in [1.29, 1.82) is 0 Å². The number of hydrogen-bond acceptors (Lipinski definition) is 3. The standard InChI is InChI=1S/C14H21ClN2O/c1-17-9-14(6-3-7-14)13(16)11-8-10(15)4-5-12(11)18-2/h4-5,8,13,17H,3,6-7,9,16H2,1-2H3. The number of nitrogens with one attached hydrogen (secondary N) is 1. The predicted octanol–water partition coefficient (Wildman–Crippen LogP) is 2.74. The van der Waals surface area contributed by atoms with Gasteiger partial charge in [-0.15, -0.1) is 0 Å². The molecule has 1 aromatic carbocycles. The summed E-state index contributed by atoms with van der Waals surface area (Å²) in [6.45, 7) is 0.934. The zero-order chi connectivity index (χ0) is 13.2. The van der Waals surface area contributed by atoms with E-state index in [1.165, 1.54) is 6.42 Å².